The number of hydrogen-bond donors (Lipinski definition) is 2. The second-order valence-electron chi connectivity index (χ2n) is 4.46. The average molecular weight is 377 g/mol. The number of halogens is 3. The summed E-state index contributed by atoms with van der Waals surface area (Å²) in [5.74, 6) is -3.38. The van der Waals surface area contributed by atoms with Gasteiger partial charge in [-0.05, 0) is 30.3 Å². The van der Waals surface area contributed by atoms with Gasteiger partial charge in [0.15, 0.2) is 4.90 Å². The van der Waals surface area contributed by atoms with Crippen molar-refractivity contribution in [3.8, 4) is 5.75 Å². The van der Waals surface area contributed by atoms with Crippen molar-refractivity contribution in [1.82, 2.24) is 10.3 Å². The van der Waals surface area contributed by atoms with Gasteiger partial charge < -0.3 is 4.74 Å². The number of benzene rings is 2. The Hall–Kier alpha value is -2.23. The molecule has 6 nitrogen and oxygen atoms in total. The Balaban J connectivity index is 2.24. The molecule has 0 radical (unpaired) electrons. The highest BCUT2D eigenvalue weighted by atomic mass is 35.5. The molecule has 2 aromatic carbocycles. The van der Waals surface area contributed by atoms with E-state index in [1.54, 1.807) is 4.83 Å². The maximum absolute atomic E-state index is 13.6. The highest BCUT2D eigenvalue weighted by molar-refractivity contribution is 7.89. The highest BCUT2D eigenvalue weighted by Crippen LogP contribution is 2.22. The quantitative estimate of drug-likeness (QED) is 0.784. The number of hydrogen-bond acceptors (Lipinski definition) is 4. The van der Waals surface area contributed by atoms with Crippen molar-refractivity contribution in [3.05, 3.63) is 58.6 Å². The molecule has 24 heavy (non-hydrogen) atoms. The monoisotopic (exact) mass is 376 g/mol. The number of carbonyl (C=O) groups excluding carboxylic acids is 1. The molecule has 0 aliphatic heterocycles. The summed E-state index contributed by atoms with van der Waals surface area (Å²) in [5, 5.41) is 0.212. The van der Waals surface area contributed by atoms with Gasteiger partial charge in [-0.3, -0.25) is 10.2 Å². The molecule has 0 fully saturated rings. The van der Waals surface area contributed by atoms with Gasteiger partial charge in [-0.2, -0.15) is 0 Å². The first kappa shape index (κ1) is 18.1. The lowest BCUT2D eigenvalue weighted by molar-refractivity contribution is 0.0942. The van der Waals surface area contributed by atoms with Crippen molar-refractivity contribution < 1.29 is 26.7 Å². The Kier molecular flexibility index (Phi) is 5.37. The zero-order chi connectivity index (χ0) is 17.9. The molecule has 0 aliphatic carbocycles. The second kappa shape index (κ2) is 7.12. The first-order valence-electron chi connectivity index (χ1n) is 6.36. The summed E-state index contributed by atoms with van der Waals surface area (Å²) < 4.78 is 56.0. The topological polar surface area (TPSA) is 84.5 Å². The van der Waals surface area contributed by atoms with Crippen molar-refractivity contribution >= 4 is 27.5 Å². The van der Waals surface area contributed by atoms with E-state index in [0.717, 1.165) is 18.2 Å². The summed E-state index contributed by atoms with van der Waals surface area (Å²) in [6.45, 7) is 0. The third-order valence-electron chi connectivity index (χ3n) is 2.89. The minimum Gasteiger partial charge on any atom is -0.496 e. The minimum atomic E-state index is -4.66. The summed E-state index contributed by atoms with van der Waals surface area (Å²) >= 11 is 5.77. The lowest BCUT2D eigenvalue weighted by Gasteiger charge is -2.12. The lowest BCUT2D eigenvalue weighted by Crippen LogP contribution is -2.42. The predicted octanol–water partition coefficient (Wildman–Crippen LogP) is 2.25. The summed E-state index contributed by atoms with van der Waals surface area (Å²) in [6, 6.07) is 6.68. The molecule has 0 saturated carbocycles. The van der Waals surface area contributed by atoms with E-state index < -0.39 is 32.5 Å². The number of nitrogens with one attached hydrogen (secondary N) is 2. The number of carbonyl (C=O) groups is 1. The van der Waals surface area contributed by atoms with Crippen molar-refractivity contribution in [2.45, 2.75) is 4.90 Å². The van der Waals surface area contributed by atoms with Gasteiger partial charge in [-0.1, -0.05) is 17.7 Å². The van der Waals surface area contributed by atoms with Crippen LogP contribution in [0, 0.1) is 11.6 Å². The Morgan fingerprint density at radius 2 is 1.79 bits per heavy atom. The standard InChI is InChI=1S/C14H11ClF2N2O4S/c1-23-12-6-5-8(15)7-9(12)14(20)18-19-24(21,22)13-10(16)3-2-4-11(13)17/h2-7,19H,1H3,(H,18,20). The van der Waals surface area contributed by atoms with Crippen LogP contribution in [0.15, 0.2) is 41.3 Å². The van der Waals surface area contributed by atoms with Gasteiger partial charge in [-0.25, -0.2) is 17.2 Å². The Morgan fingerprint density at radius 3 is 2.38 bits per heavy atom. The van der Waals surface area contributed by atoms with E-state index in [0.29, 0.717) is 0 Å². The SMILES string of the molecule is COc1ccc(Cl)cc1C(=O)NNS(=O)(=O)c1c(F)cccc1F. The van der Waals surface area contributed by atoms with Crippen molar-refractivity contribution in [1.29, 1.82) is 0 Å². The summed E-state index contributed by atoms with van der Waals surface area (Å²) in [6.07, 6.45) is 0. The van der Waals surface area contributed by atoms with E-state index in [9.17, 15) is 22.0 Å². The maximum Gasteiger partial charge on any atom is 0.270 e. The van der Waals surface area contributed by atoms with Crippen LogP contribution in [-0.2, 0) is 10.0 Å². The summed E-state index contributed by atoms with van der Waals surface area (Å²) in [5.41, 5.74) is 1.78. The van der Waals surface area contributed by atoms with E-state index in [4.69, 9.17) is 16.3 Å². The zero-order valence-corrected chi connectivity index (χ0v) is 13.7. The van der Waals surface area contributed by atoms with E-state index in [1.807, 2.05) is 5.43 Å². The Bertz CT molecular complexity index is 870. The third-order valence-corrected chi connectivity index (χ3v) is 4.43. The largest absolute Gasteiger partial charge is 0.496 e. The molecule has 0 aliphatic rings. The normalized spacial score (nSPS) is 11.2. The number of amides is 1. The molecule has 0 heterocycles. The highest BCUT2D eigenvalue weighted by Gasteiger charge is 2.25. The smallest absolute Gasteiger partial charge is 0.270 e. The molecule has 0 saturated heterocycles. The number of ether oxygens (including phenoxy) is 1. The van der Waals surface area contributed by atoms with Crippen LogP contribution in [-0.4, -0.2) is 21.4 Å². The van der Waals surface area contributed by atoms with Crippen LogP contribution in [0.25, 0.3) is 0 Å². The van der Waals surface area contributed by atoms with Gasteiger partial charge in [0, 0.05) is 5.02 Å². The van der Waals surface area contributed by atoms with Gasteiger partial charge in [0.05, 0.1) is 12.7 Å². The molecule has 0 bridgehead atoms. The average Bonchev–Trinajstić information content (AvgIpc) is 2.52. The van der Waals surface area contributed by atoms with Crippen LogP contribution in [0.2, 0.25) is 5.02 Å². The summed E-state index contributed by atoms with van der Waals surface area (Å²) in [4.78, 5) is 12.5. The van der Waals surface area contributed by atoms with E-state index in [2.05, 4.69) is 0 Å². The predicted molar refractivity (Wildman–Crippen MR) is 82.1 cm³/mol. The van der Waals surface area contributed by atoms with Gasteiger partial charge in [-0.15, -0.1) is 4.83 Å². The molecule has 2 rings (SSSR count). The fourth-order valence-electron chi connectivity index (χ4n) is 1.83. The molecule has 0 unspecified atom stereocenters. The fourth-order valence-corrected chi connectivity index (χ4v) is 2.98. The molecule has 2 aromatic rings. The van der Waals surface area contributed by atoms with Crippen molar-refractivity contribution in [3.63, 3.8) is 0 Å². The molecule has 0 spiro atoms. The van der Waals surface area contributed by atoms with E-state index in [-0.39, 0.29) is 16.3 Å². The molecule has 0 aromatic heterocycles. The molecular weight excluding hydrogens is 366 g/mol. The molecule has 128 valence electrons. The fraction of sp³-hybridized carbons (Fsp3) is 0.0714. The maximum atomic E-state index is 13.6. The van der Waals surface area contributed by atoms with Gasteiger partial charge >= 0.3 is 0 Å². The van der Waals surface area contributed by atoms with Crippen LogP contribution >= 0.6 is 11.6 Å². The Morgan fingerprint density at radius 1 is 1.17 bits per heavy atom. The van der Waals surface area contributed by atoms with Crippen LogP contribution in [0.4, 0.5) is 8.78 Å². The molecule has 1 amide bonds. The Labute approximate surface area is 141 Å². The van der Waals surface area contributed by atoms with Gasteiger partial charge in [0.2, 0.25) is 0 Å². The lowest BCUT2D eigenvalue weighted by atomic mass is 10.2. The first-order valence-corrected chi connectivity index (χ1v) is 8.22. The molecular formula is C14H11ClF2N2O4S. The first-order chi connectivity index (χ1) is 11.3. The van der Waals surface area contributed by atoms with Crippen molar-refractivity contribution in [2.24, 2.45) is 0 Å². The van der Waals surface area contributed by atoms with Gasteiger partial charge in [0.25, 0.3) is 15.9 Å². The third kappa shape index (κ3) is 3.81. The van der Waals surface area contributed by atoms with Crippen LogP contribution in [0.1, 0.15) is 10.4 Å². The molecule has 2 N–H and O–H groups in total. The molecule has 0 atom stereocenters. The second-order valence-corrected chi connectivity index (χ2v) is 6.51. The summed E-state index contributed by atoms with van der Waals surface area (Å²) in [7, 11) is -3.36. The van der Waals surface area contributed by atoms with E-state index in [1.165, 1.54) is 25.3 Å². The molecule has 10 heteroatoms. The van der Waals surface area contributed by atoms with Crippen molar-refractivity contribution in [2.75, 3.05) is 7.11 Å². The minimum absolute atomic E-state index is 0.0679. The van der Waals surface area contributed by atoms with Gasteiger partial charge in [0.1, 0.15) is 17.4 Å². The number of hydrazine groups is 1. The number of sulfonamides is 1. The van der Waals surface area contributed by atoms with Crippen LogP contribution in [0.5, 0.6) is 5.75 Å². The van der Waals surface area contributed by atoms with E-state index >= 15 is 0 Å². The van der Waals surface area contributed by atoms with Crippen LogP contribution < -0.4 is 15.0 Å². The zero-order valence-electron chi connectivity index (χ0n) is 12.1. The van der Waals surface area contributed by atoms with Crippen LogP contribution in [0.3, 0.4) is 0 Å². The number of rotatable bonds is 5. The number of methoxy groups -OCH3 is 1.